The van der Waals surface area contributed by atoms with Gasteiger partial charge in [0.1, 0.15) is 5.75 Å². The highest BCUT2D eigenvalue weighted by Crippen LogP contribution is 2.18. The van der Waals surface area contributed by atoms with Crippen molar-refractivity contribution in [2.45, 2.75) is 46.8 Å². The minimum atomic E-state index is -0.0770. The second-order valence-electron chi connectivity index (χ2n) is 6.23. The van der Waals surface area contributed by atoms with Gasteiger partial charge in [0.25, 0.3) is 5.91 Å². The fraction of sp³-hybridized carbons (Fsp3) is 0.350. The largest absolute Gasteiger partial charge is 0.491 e. The number of rotatable bonds is 5. The maximum atomic E-state index is 12.4. The van der Waals surface area contributed by atoms with Crippen molar-refractivity contribution in [3.8, 4) is 5.75 Å². The lowest BCUT2D eigenvalue weighted by molar-refractivity contribution is 0.0940. The van der Waals surface area contributed by atoms with Crippen molar-refractivity contribution in [2.75, 3.05) is 0 Å². The van der Waals surface area contributed by atoms with Gasteiger partial charge in [-0.25, -0.2) is 0 Å². The molecule has 0 heterocycles. The topological polar surface area (TPSA) is 38.3 Å². The van der Waals surface area contributed by atoms with Gasteiger partial charge in [-0.15, -0.1) is 0 Å². The fourth-order valence-corrected chi connectivity index (χ4v) is 2.35. The summed E-state index contributed by atoms with van der Waals surface area (Å²) in [5.74, 6) is 0.700. The Kier molecular flexibility index (Phi) is 5.43. The number of hydrogen-bond acceptors (Lipinski definition) is 2. The van der Waals surface area contributed by atoms with Crippen LogP contribution in [0.25, 0.3) is 0 Å². The Morgan fingerprint density at radius 1 is 0.957 bits per heavy atom. The SMILES string of the molecule is Cc1ccc([C@H](C)NC(=O)c2ccc(OC(C)C)cc2)cc1C. The molecule has 0 radical (unpaired) electrons. The van der Waals surface area contributed by atoms with E-state index < -0.39 is 0 Å². The average Bonchev–Trinajstić information content (AvgIpc) is 2.50. The molecule has 0 bridgehead atoms. The van der Waals surface area contributed by atoms with E-state index in [4.69, 9.17) is 4.74 Å². The number of benzene rings is 2. The number of hydrogen-bond donors (Lipinski definition) is 1. The molecular formula is C20H25NO2. The summed E-state index contributed by atoms with van der Waals surface area (Å²) in [5.41, 5.74) is 4.24. The van der Waals surface area contributed by atoms with Crippen LogP contribution < -0.4 is 10.1 Å². The Balaban J connectivity index is 2.04. The molecule has 0 aliphatic heterocycles. The second-order valence-corrected chi connectivity index (χ2v) is 6.23. The summed E-state index contributed by atoms with van der Waals surface area (Å²) in [5, 5.41) is 3.04. The summed E-state index contributed by atoms with van der Waals surface area (Å²) >= 11 is 0. The van der Waals surface area contributed by atoms with Crippen LogP contribution in [0.1, 0.15) is 53.9 Å². The minimum absolute atomic E-state index is 0.0339. The van der Waals surface area contributed by atoms with Crippen molar-refractivity contribution in [2.24, 2.45) is 0 Å². The van der Waals surface area contributed by atoms with Crippen molar-refractivity contribution in [1.29, 1.82) is 0 Å². The van der Waals surface area contributed by atoms with Crippen molar-refractivity contribution in [3.05, 3.63) is 64.7 Å². The van der Waals surface area contributed by atoms with Gasteiger partial charge < -0.3 is 10.1 Å². The highest BCUT2D eigenvalue weighted by atomic mass is 16.5. The van der Waals surface area contributed by atoms with Gasteiger partial charge in [0, 0.05) is 5.56 Å². The van der Waals surface area contributed by atoms with Crippen LogP contribution in [-0.4, -0.2) is 12.0 Å². The summed E-state index contributed by atoms with van der Waals surface area (Å²) in [7, 11) is 0. The van der Waals surface area contributed by atoms with Crippen LogP contribution in [0, 0.1) is 13.8 Å². The summed E-state index contributed by atoms with van der Waals surface area (Å²) in [4.78, 5) is 12.4. The molecule has 2 aromatic carbocycles. The van der Waals surface area contributed by atoms with E-state index >= 15 is 0 Å². The van der Waals surface area contributed by atoms with Crippen LogP contribution in [0.2, 0.25) is 0 Å². The lowest BCUT2D eigenvalue weighted by atomic mass is 10.0. The molecule has 0 unspecified atom stereocenters. The molecule has 3 heteroatoms. The summed E-state index contributed by atoms with van der Waals surface area (Å²) in [6, 6.07) is 13.5. The summed E-state index contributed by atoms with van der Waals surface area (Å²) < 4.78 is 5.59. The molecule has 0 saturated heterocycles. The Morgan fingerprint density at radius 2 is 1.61 bits per heavy atom. The first-order chi connectivity index (χ1) is 10.9. The molecule has 0 saturated carbocycles. The first kappa shape index (κ1) is 17.1. The third-order valence-electron chi connectivity index (χ3n) is 3.87. The number of nitrogens with one attached hydrogen (secondary N) is 1. The smallest absolute Gasteiger partial charge is 0.251 e. The van der Waals surface area contributed by atoms with Crippen molar-refractivity contribution in [1.82, 2.24) is 5.32 Å². The van der Waals surface area contributed by atoms with Gasteiger partial charge in [0.15, 0.2) is 0 Å². The average molecular weight is 311 g/mol. The van der Waals surface area contributed by atoms with Crippen LogP contribution in [0.15, 0.2) is 42.5 Å². The molecule has 0 fully saturated rings. The van der Waals surface area contributed by atoms with Gasteiger partial charge in [-0.2, -0.15) is 0 Å². The maximum absolute atomic E-state index is 12.4. The molecule has 23 heavy (non-hydrogen) atoms. The van der Waals surface area contributed by atoms with Gasteiger partial charge >= 0.3 is 0 Å². The molecule has 2 aromatic rings. The Morgan fingerprint density at radius 3 is 2.17 bits per heavy atom. The van der Waals surface area contributed by atoms with Crippen LogP contribution in [-0.2, 0) is 0 Å². The monoisotopic (exact) mass is 311 g/mol. The molecule has 0 aliphatic rings. The van der Waals surface area contributed by atoms with Gasteiger partial charge in [-0.3, -0.25) is 4.79 Å². The van der Waals surface area contributed by atoms with E-state index in [9.17, 15) is 4.79 Å². The third kappa shape index (κ3) is 4.59. The number of carbonyl (C=O) groups excluding carboxylic acids is 1. The molecule has 2 rings (SSSR count). The van der Waals surface area contributed by atoms with Gasteiger partial charge in [0.05, 0.1) is 12.1 Å². The van der Waals surface area contributed by atoms with E-state index in [0.29, 0.717) is 5.56 Å². The van der Waals surface area contributed by atoms with Crippen molar-refractivity contribution < 1.29 is 9.53 Å². The van der Waals surface area contributed by atoms with Gasteiger partial charge in [-0.05, 0) is 75.6 Å². The van der Waals surface area contributed by atoms with E-state index in [1.54, 1.807) is 12.1 Å². The zero-order valence-corrected chi connectivity index (χ0v) is 14.5. The predicted octanol–water partition coefficient (Wildman–Crippen LogP) is 4.58. The predicted molar refractivity (Wildman–Crippen MR) is 94.0 cm³/mol. The Bertz CT molecular complexity index is 675. The lowest BCUT2D eigenvalue weighted by Gasteiger charge is -2.16. The number of ether oxygens (including phenoxy) is 1. The van der Waals surface area contributed by atoms with Gasteiger partial charge in [-0.1, -0.05) is 18.2 Å². The molecular weight excluding hydrogens is 286 g/mol. The molecule has 1 atom stereocenters. The Labute approximate surface area is 138 Å². The zero-order chi connectivity index (χ0) is 17.0. The number of aryl methyl sites for hydroxylation is 2. The zero-order valence-electron chi connectivity index (χ0n) is 14.5. The van der Waals surface area contributed by atoms with Crippen LogP contribution in [0.3, 0.4) is 0 Å². The third-order valence-corrected chi connectivity index (χ3v) is 3.87. The number of carbonyl (C=O) groups is 1. The fourth-order valence-electron chi connectivity index (χ4n) is 2.35. The van der Waals surface area contributed by atoms with E-state index in [2.05, 4.69) is 37.4 Å². The first-order valence-electron chi connectivity index (χ1n) is 8.01. The molecule has 3 nitrogen and oxygen atoms in total. The van der Waals surface area contributed by atoms with E-state index in [0.717, 1.165) is 11.3 Å². The molecule has 0 aliphatic carbocycles. The first-order valence-corrected chi connectivity index (χ1v) is 8.01. The number of amides is 1. The van der Waals surface area contributed by atoms with Gasteiger partial charge in [0.2, 0.25) is 0 Å². The minimum Gasteiger partial charge on any atom is -0.491 e. The van der Waals surface area contributed by atoms with E-state index in [1.165, 1.54) is 11.1 Å². The molecule has 1 N–H and O–H groups in total. The summed E-state index contributed by atoms with van der Waals surface area (Å²) in [6.07, 6.45) is 0.125. The normalized spacial score (nSPS) is 12.1. The van der Waals surface area contributed by atoms with Crippen LogP contribution in [0.4, 0.5) is 0 Å². The van der Waals surface area contributed by atoms with E-state index in [-0.39, 0.29) is 18.1 Å². The van der Waals surface area contributed by atoms with Crippen molar-refractivity contribution in [3.63, 3.8) is 0 Å². The molecule has 0 aromatic heterocycles. The highest BCUT2D eigenvalue weighted by molar-refractivity contribution is 5.94. The quantitative estimate of drug-likeness (QED) is 0.877. The summed E-state index contributed by atoms with van der Waals surface area (Å²) in [6.45, 7) is 10.1. The van der Waals surface area contributed by atoms with Crippen LogP contribution in [0.5, 0.6) is 5.75 Å². The molecule has 122 valence electrons. The molecule has 1 amide bonds. The van der Waals surface area contributed by atoms with Crippen molar-refractivity contribution >= 4 is 5.91 Å². The van der Waals surface area contributed by atoms with Crippen LogP contribution >= 0.6 is 0 Å². The van der Waals surface area contributed by atoms with E-state index in [1.807, 2.05) is 32.9 Å². The maximum Gasteiger partial charge on any atom is 0.251 e. The lowest BCUT2D eigenvalue weighted by Crippen LogP contribution is -2.26. The highest BCUT2D eigenvalue weighted by Gasteiger charge is 2.12. The molecule has 0 spiro atoms. The second kappa shape index (κ2) is 7.32. The standard InChI is InChI=1S/C20H25NO2/c1-13(2)23-19-10-8-17(9-11-19)20(22)21-16(5)18-7-6-14(3)15(4)12-18/h6-13,16H,1-5H3,(H,21,22)/t16-/m0/s1. The Hall–Kier alpha value is -2.29.